The van der Waals surface area contributed by atoms with E-state index in [0.29, 0.717) is 0 Å². The highest BCUT2D eigenvalue weighted by atomic mass is 32.2. The Kier molecular flexibility index (Phi) is 7.23. The highest BCUT2D eigenvalue weighted by molar-refractivity contribution is 7.83. The second-order valence-corrected chi connectivity index (χ2v) is 13.7. The quantitative estimate of drug-likeness (QED) is 0.696. The molecule has 1 aromatic rings. The Morgan fingerprint density at radius 2 is 1.69 bits per heavy atom. The molecule has 0 aliphatic heterocycles. The molecular weight excluding hydrogens is 383 g/mol. The van der Waals surface area contributed by atoms with Crippen molar-refractivity contribution in [1.29, 1.82) is 0 Å². The molecule has 0 unspecified atom stereocenters. The molecule has 0 saturated heterocycles. The lowest BCUT2D eigenvalue weighted by Crippen LogP contribution is -2.44. The van der Waals surface area contributed by atoms with Gasteiger partial charge in [0.05, 0.1) is 23.0 Å². The first-order valence-corrected chi connectivity index (χ1v) is 12.3. The Morgan fingerprint density at radius 1 is 1.19 bits per heavy atom. The summed E-state index contributed by atoms with van der Waals surface area (Å²) in [4.78, 5) is 12.2. The van der Waals surface area contributed by atoms with Gasteiger partial charge in [-0.15, -0.1) is 0 Å². The highest BCUT2D eigenvalue weighted by Gasteiger charge is 2.38. The Labute approximate surface area is 156 Å². The van der Waals surface area contributed by atoms with E-state index >= 15 is 0 Å². The van der Waals surface area contributed by atoms with Crippen LogP contribution in [-0.4, -0.2) is 24.5 Å². The molecule has 0 saturated carbocycles. The van der Waals surface area contributed by atoms with Crippen LogP contribution in [0.1, 0.15) is 39.7 Å². The van der Waals surface area contributed by atoms with Gasteiger partial charge in [0.15, 0.2) is 19.3 Å². The number of alkyl halides is 3. The summed E-state index contributed by atoms with van der Waals surface area (Å²) < 4.78 is 58.1. The van der Waals surface area contributed by atoms with E-state index < -0.39 is 36.9 Å². The Bertz CT molecular complexity index is 655. The van der Waals surface area contributed by atoms with Gasteiger partial charge in [0.1, 0.15) is 0 Å². The fourth-order valence-corrected chi connectivity index (χ4v) is 4.19. The van der Waals surface area contributed by atoms with Crippen LogP contribution >= 0.6 is 0 Å². The third-order valence-corrected chi connectivity index (χ3v) is 10.1. The van der Waals surface area contributed by atoms with Crippen LogP contribution in [0.4, 0.5) is 13.2 Å². The van der Waals surface area contributed by atoms with E-state index in [1.165, 1.54) is 0 Å². The second-order valence-electron chi connectivity index (χ2n) is 7.71. The van der Waals surface area contributed by atoms with Crippen molar-refractivity contribution in [2.45, 2.75) is 69.4 Å². The summed E-state index contributed by atoms with van der Waals surface area (Å²) >= 11 is 0. The van der Waals surface area contributed by atoms with E-state index in [1.807, 2.05) is 0 Å². The molecule has 148 valence electrons. The third-order valence-electron chi connectivity index (χ3n) is 4.38. The van der Waals surface area contributed by atoms with Crippen molar-refractivity contribution in [3.63, 3.8) is 0 Å². The van der Waals surface area contributed by atoms with E-state index in [4.69, 9.17) is 4.43 Å². The van der Waals surface area contributed by atoms with E-state index in [-0.39, 0.29) is 22.5 Å². The van der Waals surface area contributed by atoms with E-state index in [1.54, 1.807) is 6.92 Å². The molecule has 0 spiro atoms. The largest absolute Gasteiger partial charge is 0.416 e. The lowest BCUT2D eigenvalue weighted by molar-refractivity contribution is -0.137. The van der Waals surface area contributed by atoms with Crippen molar-refractivity contribution < 1.29 is 26.6 Å². The fourth-order valence-electron chi connectivity index (χ4n) is 1.95. The average Bonchev–Trinajstić information content (AvgIpc) is 2.44. The number of nitrogens with one attached hydrogen (secondary N) is 1. The molecule has 4 nitrogen and oxygen atoms in total. The zero-order valence-electron chi connectivity index (χ0n) is 15.9. The molecule has 1 rings (SSSR count). The summed E-state index contributed by atoms with van der Waals surface area (Å²) in [6.45, 7) is 12.2. The Morgan fingerprint density at radius 3 is 2.12 bits per heavy atom. The molecule has 26 heavy (non-hydrogen) atoms. The Balaban J connectivity index is 2.63. The molecule has 9 heteroatoms. The molecular formula is C17H26F3NO3SSi. The zero-order chi connectivity index (χ0) is 20.3. The smallest absolute Gasteiger partial charge is 0.414 e. The maximum absolute atomic E-state index is 12.5. The van der Waals surface area contributed by atoms with Crippen LogP contribution in [0.25, 0.3) is 0 Å². The molecule has 0 bridgehead atoms. The average molecular weight is 410 g/mol. The van der Waals surface area contributed by atoms with Crippen LogP contribution in [0, 0.1) is 0 Å². The summed E-state index contributed by atoms with van der Waals surface area (Å²) in [7, 11) is -3.94. The summed E-state index contributed by atoms with van der Waals surface area (Å²) in [5, 5.41) is 0.000778. The predicted molar refractivity (Wildman–Crippen MR) is 98.4 cm³/mol. The summed E-state index contributed by atoms with van der Waals surface area (Å²) in [5.74, 6) is -0.477. The molecule has 1 amide bonds. The van der Waals surface area contributed by atoms with Crippen LogP contribution in [0.3, 0.4) is 0 Å². The number of hydrogen-bond donors (Lipinski definition) is 1. The van der Waals surface area contributed by atoms with Crippen LogP contribution < -0.4 is 4.72 Å². The van der Waals surface area contributed by atoms with Crippen molar-refractivity contribution in [2.24, 2.45) is 0 Å². The van der Waals surface area contributed by atoms with Gasteiger partial charge in [-0.1, -0.05) is 20.8 Å². The first-order valence-electron chi connectivity index (χ1n) is 8.20. The number of halogens is 3. The van der Waals surface area contributed by atoms with E-state index in [0.717, 1.165) is 24.3 Å². The molecule has 0 fully saturated rings. The third kappa shape index (κ3) is 6.51. The SMILES string of the molecule is C[C@@H](CC(=O)N[S@@](=O)c1ccc(C(F)(F)F)cc1)O[Si](C)(C)C(C)(C)C. The number of carbonyl (C=O) groups excluding carboxylic acids is 1. The topological polar surface area (TPSA) is 55.4 Å². The maximum atomic E-state index is 12.5. The molecule has 0 heterocycles. The Hall–Kier alpha value is -1.19. The van der Waals surface area contributed by atoms with Gasteiger partial charge < -0.3 is 4.43 Å². The molecule has 0 radical (unpaired) electrons. The maximum Gasteiger partial charge on any atom is 0.416 e. The molecule has 0 aliphatic carbocycles. The summed E-state index contributed by atoms with van der Waals surface area (Å²) in [6.07, 6.45) is -4.78. The van der Waals surface area contributed by atoms with Gasteiger partial charge in [0, 0.05) is 0 Å². The molecule has 1 aromatic carbocycles. The summed E-state index contributed by atoms with van der Waals surface area (Å²) in [6, 6.07) is 3.86. The van der Waals surface area contributed by atoms with Crippen LogP contribution in [0.5, 0.6) is 0 Å². The van der Waals surface area contributed by atoms with Crippen LogP contribution in [0.2, 0.25) is 18.1 Å². The molecule has 1 N–H and O–H groups in total. The lowest BCUT2D eigenvalue weighted by Gasteiger charge is -2.38. The van der Waals surface area contributed by atoms with Crippen LogP contribution in [-0.2, 0) is 26.4 Å². The lowest BCUT2D eigenvalue weighted by atomic mass is 10.2. The molecule has 0 aliphatic rings. The summed E-state index contributed by atoms with van der Waals surface area (Å²) in [5.41, 5.74) is -0.832. The fraction of sp³-hybridized carbons (Fsp3) is 0.588. The first kappa shape index (κ1) is 22.8. The number of hydrogen-bond acceptors (Lipinski definition) is 3. The van der Waals surface area contributed by atoms with Crippen molar-refractivity contribution >= 4 is 25.2 Å². The minimum absolute atomic E-state index is 0.000778. The van der Waals surface area contributed by atoms with E-state index in [2.05, 4.69) is 38.6 Å². The van der Waals surface area contributed by atoms with Gasteiger partial charge in [0.25, 0.3) is 0 Å². The molecule has 2 atom stereocenters. The van der Waals surface area contributed by atoms with Gasteiger partial charge in [-0.05, 0) is 49.3 Å². The predicted octanol–water partition coefficient (Wildman–Crippen LogP) is 4.64. The van der Waals surface area contributed by atoms with Gasteiger partial charge in [-0.3, -0.25) is 9.52 Å². The van der Waals surface area contributed by atoms with Gasteiger partial charge in [0.2, 0.25) is 5.91 Å². The number of amides is 1. The second kappa shape index (κ2) is 8.22. The van der Waals surface area contributed by atoms with Gasteiger partial charge >= 0.3 is 6.18 Å². The molecule has 0 aromatic heterocycles. The first-order chi connectivity index (χ1) is 11.6. The van der Waals surface area contributed by atoms with Crippen LogP contribution in [0.15, 0.2) is 29.2 Å². The minimum Gasteiger partial charge on any atom is -0.414 e. The minimum atomic E-state index is -4.46. The zero-order valence-corrected chi connectivity index (χ0v) is 17.7. The number of carbonyl (C=O) groups is 1. The van der Waals surface area contributed by atoms with Gasteiger partial charge in [-0.25, -0.2) is 4.21 Å². The standard InChI is InChI=1S/C17H26F3NO3SSi/c1-12(24-26(5,6)16(2,3)4)11-15(22)21-25(23)14-9-7-13(8-10-14)17(18,19)20/h7-10,12H,11H2,1-6H3,(H,21,22)/t12-,25-/m0/s1. The normalized spacial score (nSPS) is 15.4. The van der Waals surface area contributed by atoms with Crippen molar-refractivity contribution in [3.05, 3.63) is 29.8 Å². The van der Waals surface area contributed by atoms with Crippen molar-refractivity contribution in [2.75, 3.05) is 0 Å². The van der Waals surface area contributed by atoms with Gasteiger partial charge in [-0.2, -0.15) is 13.2 Å². The van der Waals surface area contributed by atoms with E-state index in [9.17, 15) is 22.2 Å². The number of rotatable bonds is 6. The highest BCUT2D eigenvalue weighted by Crippen LogP contribution is 2.37. The monoisotopic (exact) mass is 409 g/mol. The van der Waals surface area contributed by atoms with Crippen molar-refractivity contribution in [3.8, 4) is 0 Å². The van der Waals surface area contributed by atoms with Crippen molar-refractivity contribution in [1.82, 2.24) is 4.72 Å². The number of benzene rings is 1.